The molecule has 0 unspecified atom stereocenters. The Hall–Kier alpha value is -0.410. The molecule has 3 nitrogen and oxygen atoms in total. The van der Waals surface area contributed by atoms with Gasteiger partial charge in [-0.25, -0.2) is 0 Å². The van der Waals surface area contributed by atoms with Crippen molar-refractivity contribution in [1.29, 1.82) is 0 Å². The van der Waals surface area contributed by atoms with Crippen LogP contribution in [-0.2, 0) is 4.79 Å². The largest absolute Gasteiger partial charge is 0.396 e. The van der Waals surface area contributed by atoms with Gasteiger partial charge in [-0.2, -0.15) is 0 Å². The minimum Gasteiger partial charge on any atom is -0.396 e. The van der Waals surface area contributed by atoms with Gasteiger partial charge in [-0.3, -0.25) is 0 Å². The van der Waals surface area contributed by atoms with E-state index in [2.05, 4.69) is 0 Å². The summed E-state index contributed by atoms with van der Waals surface area (Å²) in [6.07, 6.45) is -0.640. The molecule has 0 aromatic heterocycles. The van der Waals surface area contributed by atoms with Crippen LogP contribution in [0, 0.1) is 5.41 Å². The van der Waals surface area contributed by atoms with Crippen LogP contribution < -0.4 is 0 Å². The van der Waals surface area contributed by atoms with Crippen LogP contribution >= 0.6 is 0 Å². The molecular formula is C6H12O3. The predicted molar refractivity (Wildman–Crippen MR) is 32.9 cm³/mol. The maximum absolute atomic E-state index is 9.95. The van der Waals surface area contributed by atoms with E-state index in [4.69, 9.17) is 10.2 Å². The Bertz CT molecular complexity index is 98.5. The average Bonchev–Trinajstić information content (AvgIpc) is 1.86. The Balaban J connectivity index is 3.95. The van der Waals surface area contributed by atoms with Gasteiger partial charge in [0.15, 0.2) is 0 Å². The van der Waals surface area contributed by atoms with Gasteiger partial charge in [0.25, 0.3) is 0 Å². The smallest absolute Gasteiger partial charge is 0.149 e. The Kier molecular flexibility index (Phi) is 2.81. The van der Waals surface area contributed by atoms with E-state index in [-0.39, 0.29) is 6.61 Å². The Morgan fingerprint density at radius 2 is 2.11 bits per heavy atom. The number of aldehydes is 1. The second-order valence-electron chi connectivity index (χ2n) is 2.73. The van der Waals surface area contributed by atoms with Crippen LogP contribution in [0.2, 0.25) is 0 Å². The van der Waals surface area contributed by atoms with Crippen LogP contribution in [0.1, 0.15) is 13.8 Å². The standard InChI is InChI=1S/C6H12O3/c1-6(2,4-8)5(9)3-7/h3,5,8-9H,4H2,1-2H3/t5-/m1/s1. The first kappa shape index (κ1) is 8.59. The van der Waals surface area contributed by atoms with Crippen molar-refractivity contribution >= 4 is 6.29 Å². The fourth-order valence-electron chi connectivity index (χ4n) is 0.278. The summed E-state index contributed by atoms with van der Waals surface area (Å²) in [5.41, 5.74) is -0.707. The summed E-state index contributed by atoms with van der Waals surface area (Å²) in [7, 11) is 0. The van der Waals surface area contributed by atoms with Gasteiger partial charge in [0, 0.05) is 5.41 Å². The zero-order valence-corrected chi connectivity index (χ0v) is 5.66. The third-order valence-electron chi connectivity index (χ3n) is 1.34. The van der Waals surface area contributed by atoms with Crippen molar-refractivity contribution in [2.75, 3.05) is 6.61 Å². The first-order valence-electron chi connectivity index (χ1n) is 2.79. The molecular weight excluding hydrogens is 120 g/mol. The molecule has 0 heterocycles. The van der Waals surface area contributed by atoms with E-state index in [9.17, 15) is 4.79 Å². The molecule has 0 rings (SSSR count). The summed E-state index contributed by atoms with van der Waals surface area (Å²) in [6.45, 7) is 3.05. The fourth-order valence-corrected chi connectivity index (χ4v) is 0.278. The normalized spacial score (nSPS) is 15.1. The highest BCUT2D eigenvalue weighted by Crippen LogP contribution is 2.17. The first-order valence-corrected chi connectivity index (χ1v) is 2.79. The van der Waals surface area contributed by atoms with Gasteiger partial charge in [-0.05, 0) is 0 Å². The molecule has 0 spiro atoms. The number of rotatable bonds is 3. The first-order chi connectivity index (χ1) is 4.04. The molecule has 1 atom stereocenters. The lowest BCUT2D eigenvalue weighted by molar-refractivity contribution is -0.121. The number of hydrogen-bond donors (Lipinski definition) is 2. The molecule has 0 aromatic carbocycles. The Labute approximate surface area is 54.3 Å². The number of hydrogen-bond acceptors (Lipinski definition) is 3. The molecule has 0 aliphatic heterocycles. The van der Waals surface area contributed by atoms with Gasteiger partial charge >= 0.3 is 0 Å². The van der Waals surface area contributed by atoms with E-state index in [1.165, 1.54) is 0 Å². The summed E-state index contributed by atoms with van der Waals surface area (Å²) < 4.78 is 0. The van der Waals surface area contributed by atoms with Gasteiger partial charge in [0.2, 0.25) is 0 Å². The van der Waals surface area contributed by atoms with E-state index in [1.807, 2.05) is 0 Å². The zero-order valence-electron chi connectivity index (χ0n) is 5.66. The lowest BCUT2D eigenvalue weighted by atomic mass is 9.89. The van der Waals surface area contributed by atoms with Crippen molar-refractivity contribution in [2.24, 2.45) is 5.41 Å². The van der Waals surface area contributed by atoms with E-state index in [1.54, 1.807) is 13.8 Å². The van der Waals surface area contributed by atoms with Gasteiger partial charge in [-0.15, -0.1) is 0 Å². The highest BCUT2D eigenvalue weighted by atomic mass is 16.3. The van der Waals surface area contributed by atoms with Crippen molar-refractivity contribution in [3.63, 3.8) is 0 Å². The summed E-state index contributed by atoms with van der Waals surface area (Å²) in [6, 6.07) is 0. The maximum atomic E-state index is 9.95. The Morgan fingerprint density at radius 3 is 2.22 bits per heavy atom. The third kappa shape index (κ3) is 2.11. The SMILES string of the molecule is CC(C)(CO)[C@H](O)C=O. The monoisotopic (exact) mass is 132 g/mol. The van der Waals surface area contributed by atoms with Crippen molar-refractivity contribution in [3.05, 3.63) is 0 Å². The predicted octanol–water partition coefficient (Wildman–Crippen LogP) is -0.435. The molecule has 0 bridgehead atoms. The van der Waals surface area contributed by atoms with Gasteiger partial charge < -0.3 is 15.0 Å². The molecule has 3 heteroatoms. The summed E-state index contributed by atoms with van der Waals surface area (Å²) >= 11 is 0. The minimum absolute atomic E-state index is 0.188. The summed E-state index contributed by atoms with van der Waals surface area (Å²) in [4.78, 5) is 9.95. The van der Waals surface area contributed by atoms with Crippen molar-refractivity contribution in [2.45, 2.75) is 20.0 Å². The quantitative estimate of drug-likeness (QED) is 0.512. The lowest BCUT2D eigenvalue weighted by Gasteiger charge is -2.23. The number of aliphatic hydroxyl groups excluding tert-OH is 2. The molecule has 0 radical (unpaired) electrons. The summed E-state index contributed by atoms with van der Waals surface area (Å²) in [5.74, 6) is 0. The fraction of sp³-hybridized carbons (Fsp3) is 0.833. The van der Waals surface area contributed by atoms with Gasteiger partial charge in [0.1, 0.15) is 12.4 Å². The average molecular weight is 132 g/mol. The topological polar surface area (TPSA) is 57.5 Å². The van der Waals surface area contributed by atoms with E-state index in [0.717, 1.165) is 0 Å². The second kappa shape index (κ2) is 2.94. The zero-order chi connectivity index (χ0) is 7.49. The maximum Gasteiger partial charge on any atom is 0.149 e. The molecule has 0 amide bonds. The number of carbonyl (C=O) groups is 1. The van der Waals surface area contributed by atoms with E-state index >= 15 is 0 Å². The van der Waals surface area contributed by atoms with Crippen LogP contribution in [-0.4, -0.2) is 29.2 Å². The Morgan fingerprint density at radius 1 is 1.67 bits per heavy atom. The molecule has 0 saturated carbocycles. The van der Waals surface area contributed by atoms with Crippen LogP contribution in [0.4, 0.5) is 0 Å². The minimum atomic E-state index is -1.07. The van der Waals surface area contributed by atoms with Crippen molar-refractivity contribution < 1.29 is 15.0 Å². The van der Waals surface area contributed by atoms with Crippen molar-refractivity contribution in [1.82, 2.24) is 0 Å². The highest BCUT2D eigenvalue weighted by Gasteiger charge is 2.25. The molecule has 0 saturated heterocycles. The van der Waals surface area contributed by atoms with Crippen molar-refractivity contribution in [3.8, 4) is 0 Å². The van der Waals surface area contributed by atoms with E-state index < -0.39 is 11.5 Å². The molecule has 0 aliphatic rings. The van der Waals surface area contributed by atoms with Gasteiger partial charge in [0.05, 0.1) is 6.61 Å². The van der Waals surface area contributed by atoms with Crippen LogP contribution in [0.5, 0.6) is 0 Å². The van der Waals surface area contributed by atoms with Gasteiger partial charge in [-0.1, -0.05) is 13.8 Å². The lowest BCUT2D eigenvalue weighted by Crippen LogP contribution is -2.33. The van der Waals surface area contributed by atoms with Crippen LogP contribution in [0.3, 0.4) is 0 Å². The molecule has 0 aliphatic carbocycles. The third-order valence-corrected chi connectivity index (χ3v) is 1.34. The molecule has 0 aromatic rings. The van der Waals surface area contributed by atoms with E-state index in [0.29, 0.717) is 6.29 Å². The number of aliphatic hydroxyl groups is 2. The second-order valence-corrected chi connectivity index (χ2v) is 2.73. The summed E-state index contributed by atoms with van der Waals surface area (Å²) in [5, 5.41) is 17.4. The highest BCUT2D eigenvalue weighted by molar-refractivity contribution is 5.56. The molecule has 2 N–H and O–H groups in total. The van der Waals surface area contributed by atoms with Crippen LogP contribution in [0.25, 0.3) is 0 Å². The molecule has 0 fully saturated rings. The molecule has 54 valence electrons. The number of carbonyl (C=O) groups excluding carboxylic acids is 1. The van der Waals surface area contributed by atoms with Crippen LogP contribution in [0.15, 0.2) is 0 Å². The molecule has 9 heavy (non-hydrogen) atoms.